The highest BCUT2D eigenvalue weighted by molar-refractivity contribution is 5.08. The van der Waals surface area contributed by atoms with Gasteiger partial charge in [-0.3, -0.25) is 0 Å². The molecule has 0 aromatic carbocycles. The van der Waals surface area contributed by atoms with Gasteiger partial charge in [-0.2, -0.15) is 0 Å². The van der Waals surface area contributed by atoms with Crippen LogP contribution in [-0.2, 0) is 0 Å². The van der Waals surface area contributed by atoms with E-state index in [0.29, 0.717) is 0 Å². The smallest absolute Gasteiger partial charge is 0.0288 e. The van der Waals surface area contributed by atoms with Crippen molar-refractivity contribution in [1.29, 1.82) is 0 Å². The molecule has 0 spiro atoms. The molecule has 0 fully saturated rings. The van der Waals surface area contributed by atoms with E-state index in [4.69, 9.17) is 0 Å². The van der Waals surface area contributed by atoms with Crippen LogP contribution in [0.15, 0.2) is 69.9 Å². The molecule has 0 aliphatic rings. The van der Waals surface area contributed by atoms with Gasteiger partial charge in [-0.05, 0) is 119 Å². The molecule has 0 saturated carbocycles. The van der Waals surface area contributed by atoms with Crippen LogP contribution in [0.1, 0.15) is 126 Å². The lowest BCUT2D eigenvalue weighted by Crippen LogP contribution is -1.82. The van der Waals surface area contributed by atoms with Gasteiger partial charge in [-0.25, -0.2) is 0 Å². The van der Waals surface area contributed by atoms with Crippen molar-refractivity contribution < 1.29 is 0 Å². The highest BCUT2D eigenvalue weighted by Gasteiger charge is 1.94. The van der Waals surface area contributed by atoms with Crippen molar-refractivity contribution >= 4 is 0 Å². The van der Waals surface area contributed by atoms with Crippen LogP contribution in [0.25, 0.3) is 0 Å². The monoisotopic (exact) mass is 424 g/mol. The molecular weight excluding hydrogens is 372 g/mol. The normalized spacial score (nSPS) is 14.3. The zero-order chi connectivity index (χ0) is 23.5. The summed E-state index contributed by atoms with van der Waals surface area (Å²) in [5, 5.41) is 0. The molecule has 0 bridgehead atoms. The Bertz CT molecular complexity index is 654. The average molecular weight is 425 g/mol. The highest BCUT2D eigenvalue weighted by Crippen LogP contribution is 2.14. The van der Waals surface area contributed by atoms with E-state index in [1.54, 1.807) is 0 Å². The van der Waals surface area contributed by atoms with E-state index in [0.717, 1.165) is 0 Å². The van der Waals surface area contributed by atoms with Gasteiger partial charge in [0.25, 0.3) is 0 Å². The maximum absolute atomic E-state index is 2.44. The Morgan fingerprint density at radius 2 is 0.677 bits per heavy atom. The first-order valence-corrected chi connectivity index (χ1v) is 12.7. The molecule has 0 atom stereocenters. The molecule has 0 aliphatic heterocycles. The van der Waals surface area contributed by atoms with Crippen molar-refractivity contribution in [2.45, 2.75) is 126 Å². The van der Waals surface area contributed by atoms with E-state index >= 15 is 0 Å². The lowest BCUT2D eigenvalue weighted by Gasteiger charge is -2.03. The molecule has 0 aromatic heterocycles. The lowest BCUT2D eigenvalue weighted by atomic mass is 10.0. The predicted octanol–water partition coefficient (Wildman–Crippen LogP) is 11.0. The Labute approximate surface area is 196 Å². The van der Waals surface area contributed by atoms with E-state index in [2.05, 4.69) is 91.8 Å². The number of hydrogen-bond acceptors (Lipinski definition) is 0. The molecule has 0 rings (SSSR count). The van der Waals surface area contributed by atoms with Gasteiger partial charge in [-0.1, -0.05) is 76.8 Å². The molecule has 0 unspecified atom stereocenters. The largest absolute Gasteiger partial charge is 0.0856 e. The fourth-order valence-electron chi connectivity index (χ4n) is 3.44. The van der Waals surface area contributed by atoms with Crippen LogP contribution >= 0.6 is 0 Å². The summed E-state index contributed by atoms with van der Waals surface area (Å²) in [5.41, 5.74) is 9.07. The summed E-state index contributed by atoms with van der Waals surface area (Å²) >= 11 is 0. The highest BCUT2D eigenvalue weighted by atomic mass is 14.0. The molecule has 0 saturated heterocycles. The minimum Gasteiger partial charge on any atom is -0.0856 e. The van der Waals surface area contributed by atoms with Crippen LogP contribution in [0.3, 0.4) is 0 Å². The number of unbranched alkanes of at least 4 members (excludes halogenated alkanes) is 1. The molecule has 31 heavy (non-hydrogen) atoms. The minimum absolute atomic E-state index is 1.17. The summed E-state index contributed by atoms with van der Waals surface area (Å²) in [7, 11) is 0. The SMILES string of the molecule is CC/C(C)=C/CC/C(C)=C\CC/C(C)=C/CC/C=C(\C)CC/C=C(\C)CCC=C(C)C. The Morgan fingerprint density at radius 3 is 1.00 bits per heavy atom. The number of hydrogen-bond donors (Lipinski definition) is 0. The Hall–Kier alpha value is -1.56. The fourth-order valence-corrected chi connectivity index (χ4v) is 3.44. The van der Waals surface area contributed by atoms with Crippen LogP contribution in [0, 0.1) is 0 Å². The third kappa shape index (κ3) is 20.1. The molecular formula is C31H52. The van der Waals surface area contributed by atoms with Crippen molar-refractivity contribution in [2.75, 3.05) is 0 Å². The summed E-state index contributed by atoms with van der Waals surface area (Å²) in [6, 6.07) is 0. The molecule has 0 heterocycles. The maximum atomic E-state index is 2.44. The predicted molar refractivity (Wildman–Crippen MR) is 145 cm³/mol. The quantitative estimate of drug-likeness (QED) is 0.171. The van der Waals surface area contributed by atoms with E-state index < -0.39 is 0 Å². The second-order valence-corrected chi connectivity index (χ2v) is 9.62. The minimum atomic E-state index is 1.17. The third-order valence-electron chi connectivity index (χ3n) is 5.90. The van der Waals surface area contributed by atoms with Crippen LogP contribution in [-0.4, -0.2) is 0 Å². The van der Waals surface area contributed by atoms with Crippen LogP contribution < -0.4 is 0 Å². The third-order valence-corrected chi connectivity index (χ3v) is 5.90. The van der Waals surface area contributed by atoms with Crippen LogP contribution in [0.5, 0.6) is 0 Å². The Balaban J connectivity index is 4.07. The second kappa shape index (κ2) is 19.1. The van der Waals surface area contributed by atoms with E-state index in [1.807, 2.05) is 0 Å². The van der Waals surface area contributed by atoms with Gasteiger partial charge in [0.15, 0.2) is 0 Å². The molecule has 0 nitrogen and oxygen atoms in total. The van der Waals surface area contributed by atoms with Crippen molar-refractivity contribution in [3.05, 3.63) is 69.9 Å². The maximum Gasteiger partial charge on any atom is -0.0288 e. The average Bonchev–Trinajstić information content (AvgIpc) is 2.70. The molecule has 0 radical (unpaired) electrons. The lowest BCUT2D eigenvalue weighted by molar-refractivity contribution is 0.895. The van der Waals surface area contributed by atoms with E-state index in [-0.39, 0.29) is 0 Å². The number of allylic oxidation sites excluding steroid dienone is 12. The van der Waals surface area contributed by atoms with Crippen molar-refractivity contribution in [1.82, 2.24) is 0 Å². The first kappa shape index (κ1) is 29.4. The summed E-state index contributed by atoms with van der Waals surface area (Å²) < 4.78 is 0. The van der Waals surface area contributed by atoms with Crippen LogP contribution in [0.2, 0.25) is 0 Å². The van der Waals surface area contributed by atoms with Gasteiger partial charge >= 0.3 is 0 Å². The zero-order valence-electron chi connectivity index (χ0n) is 22.2. The van der Waals surface area contributed by atoms with Crippen LogP contribution in [0.4, 0.5) is 0 Å². The molecule has 0 heteroatoms. The van der Waals surface area contributed by atoms with Gasteiger partial charge in [0, 0.05) is 0 Å². The first-order chi connectivity index (χ1) is 14.7. The standard InChI is InChI=1S/C31H52/c1-9-27(4)19-13-21-31(8)25-15-23-29(6)18-11-10-17-28(5)22-14-24-30(7)20-12-16-26(2)3/h16-19,24-25H,9-15,20-23H2,1-8H3/b27-19+,28-17+,29-18+,30-24+,31-25-. The Kier molecular flexibility index (Phi) is 18.2. The molecule has 0 amide bonds. The van der Waals surface area contributed by atoms with Gasteiger partial charge < -0.3 is 0 Å². The zero-order valence-corrected chi connectivity index (χ0v) is 22.2. The molecule has 176 valence electrons. The van der Waals surface area contributed by atoms with Gasteiger partial charge in [0.05, 0.1) is 0 Å². The Morgan fingerprint density at radius 1 is 0.387 bits per heavy atom. The summed E-state index contributed by atoms with van der Waals surface area (Å²) in [4.78, 5) is 0. The molecule has 0 N–H and O–H groups in total. The fraction of sp³-hybridized carbons (Fsp3) is 0.613. The van der Waals surface area contributed by atoms with Gasteiger partial charge in [0.1, 0.15) is 0 Å². The summed E-state index contributed by atoms with van der Waals surface area (Å²) in [6.45, 7) is 17.9. The van der Waals surface area contributed by atoms with Crippen molar-refractivity contribution in [3.8, 4) is 0 Å². The second-order valence-electron chi connectivity index (χ2n) is 9.62. The van der Waals surface area contributed by atoms with Gasteiger partial charge in [-0.15, -0.1) is 0 Å². The summed E-state index contributed by atoms with van der Waals surface area (Å²) in [6.07, 6.45) is 27.5. The molecule has 0 aromatic rings. The van der Waals surface area contributed by atoms with E-state index in [9.17, 15) is 0 Å². The van der Waals surface area contributed by atoms with Gasteiger partial charge in [0.2, 0.25) is 0 Å². The van der Waals surface area contributed by atoms with Crippen molar-refractivity contribution in [3.63, 3.8) is 0 Å². The topological polar surface area (TPSA) is 0 Å². The number of rotatable bonds is 16. The first-order valence-electron chi connectivity index (χ1n) is 12.7. The summed E-state index contributed by atoms with van der Waals surface area (Å²) in [5.74, 6) is 0. The van der Waals surface area contributed by atoms with E-state index in [1.165, 1.54) is 104 Å². The molecule has 0 aliphatic carbocycles. The van der Waals surface area contributed by atoms with Crippen molar-refractivity contribution in [2.24, 2.45) is 0 Å².